The molecule has 0 bridgehead atoms. The summed E-state index contributed by atoms with van der Waals surface area (Å²) in [5.74, 6) is -0.359. The lowest BCUT2D eigenvalue weighted by atomic mass is 10.6. The lowest BCUT2D eigenvalue weighted by molar-refractivity contribution is -0.137. The first kappa shape index (κ1) is 40.1. The summed E-state index contributed by atoms with van der Waals surface area (Å²) in [6.45, 7) is 10.3. The van der Waals surface area contributed by atoms with Gasteiger partial charge in [0.1, 0.15) is 0 Å². The van der Waals surface area contributed by atoms with Gasteiger partial charge in [-0.25, -0.2) is 4.79 Å². The van der Waals surface area contributed by atoms with Crippen LogP contribution in [0.4, 0.5) is 0 Å². The van der Waals surface area contributed by atoms with Crippen LogP contribution in [0.3, 0.4) is 0 Å². The van der Waals surface area contributed by atoms with Gasteiger partial charge in [-0.05, 0) is 30.5 Å². The van der Waals surface area contributed by atoms with Crippen molar-refractivity contribution < 1.29 is 38.9 Å². The van der Waals surface area contributed by atoms with Crippen molar-refractivity contribution in [2.45, 2.75) is 61.3 Å². The average Bonchev–Trinajstić information content (AvgIpc) is 2.39. The molecular weight excluding hydrogens is 410 g/mol. The quantitative estimate of drug-likeness (QED) is 0.212. The van der Waals surface area contributed by atoms with Gasteiger partial charge in [-0.3, -0.25) is 0 Å². The average molecular weight is 447 g/mol. The minimum absolute atomic E-state index is 0.359. The van der Waals surface area contributed by atoms with Crippen molar-refractivity contribution in [2.24, 2.45) is 0 Å². The van der Waals surface area contributed by atoms with Crippen molar-refractivity contribution in [1.29, 1.82) is 0 Å². The molecular formula is C13H36O8P2S2. The van der Waals surface area contributed by atoms with Crippen molar-refractivity contribution in [3.8, 4) is 0 Å². The highest BCUT2D eigenvalue weighted by molar-refractivity contribution is 8.06. The standard InChI is InChI=1S/C5H8O2.2C3H8.C2H6.2H3O3PS/c1-3-5(6)7-4-2;2*1-3-2;1-2;2*1-4(2,3)5/h3H,1,4H2,2H3;2*3H2,1-2H3;1-2H3;2*(H3,1,2,3,5). The Hall–Kier alpha value is 0.270. The fraction of sp³-hybridized carbons (Fsp3) is 0.769. The van der Waals surface area contributed by atoms with E-state index in [0.29, 0.717) is 6.61 Å². The molecule has 0 fully saturated rings. The fourth-order valence-corrected chi connectivity index (χ4v) is 0.201. The van der Waals surface area contributed by atoms with Gasteiger partial charge in [0.2, 0.25) is 0 Å². The van der Waals surface area contributed by atoms with E-state index in [9.17, 15) is 4.79 Å². The van der Waals surface area contributed by atoms with E-state index in [4.69, 9.17) is 29.4 Å². The van der Waals surface area contributed by atoms with Gasteiger partial charge in [0.05, 0.1) is 6.61 Å². The number of ether oxygens (including phenoxy) is 1. The normalized spacial score (nSPS) is 8.52. The molecule has 0 rings (SSSR count). The summed E-state index contributed by atoms with van der Waals surface area (Å²) < 4.78 is 4.43. The van der Waals surface area contributed by atoms with Crippen molar-refractivity contribution >= 4 is 43.0 Å². The van der Waals surface area contributed by atoms with Crippen LogP contribution in [0, 0.1) is 0 Å². The molecule has 0 saturated heterocycles. The highest BCUT2D eigenvalue weighted by Crippen LogP contribution is 2.26. The number of esters is 1. The molecule has 0 aliphatic carbocycles. The molecule has 0 saturated carbocycles. The van der Waals surface area contributed by atoms with Gasteiger partial charge < -0.3 is 34.1 Å². The molecule has 0 atom stereocenters. The van der Waals surface area contributed by atoms with Crippen molar-refractivity contribution in [1.82, 2.24) is 0 Å². The molecule has 158 valence electrons. The number of carbonyl (C=O) groups excluding carboxylic acids is 1. The summed E-state index contributed by atoms with van der Waals surface area (Å²) in [6.07, 6.45) is 3.64. The molecule has 25 heavy (non-hydrogen) atoms. The van der Waals surface area contributed by atoms with E-state index in [1.807, 2.05) is 13.8 Å². The van der Waals surface area contributed by atoms with Gasteiger partial charge in [-0.2, -0.15) is 0 Å². The predicted molar refractivity (Wildman–Crippen MR) is 112 cm³/mol. The molecule has 0 aromatic carbocycles. The second-order valence-corrected chi connectivity index (χ2v) is 8.39. The number of hydrogen-bond donors (Lipinski definition) is 6. The Bertz CT molecular complexity index is 304. The topological polar surface area (TPSA) is 148 Å². The Morgan fingerprint density at radius 2 is 1.04 bits per heavy atom. The summed E-state index contributed by atoms with van der Waals surface area (Å²) in [5.41, 5.74) is 0. The molecule has 6 N–H and O–H groups in total. The summed E-state index contributed by atoms with van der Waals surface area (Å²) in [4.78, 5) is 55.4. The predicted octanol–water partition coefficient (Wildman–Crippen LogP) is 2.97. The monoisotopic (exact) mass is 446 g/mol. The lowest BCUT2D eigenvalue weighted by Crippen LogP contribution is -1.97. The van der Waals surface area contributed by atoms with Crippen LogP contribution >= 0.6 is 13.4 Å². The fourth-order valence-electron chi connectivity index (χ4n) is 0.201. The van der Waals surface area contributed by atoms with E-state index in [1.165, 1.54) is 12.8 Å². The zero-order valence-electron chi connectivity index (χ0n) is 16.1. The largest absolute Gasteiger partial charge is 0.463 e. The van der Waals surface area contributed by atoms with Crippen LogP contribution in [0.5, 0.6) is 0 Å². The van der Waals surface area contributed by atoms with E-state index in [1.54, 1.807) is 6.92 Å². The Balaban J connectivity index is -0.0000000455. The van der Waals surface area contributed by atoms with Crippen LogP contribution in [-0.4, -0.2) is 41.9 Å². The molecule has 0 aliphatic heterocycles. The molecule has 12 heteroatoms. The smallest absolute Gasteiger partial charge is 0.330 e. The van der Waals surface area contributed by atoms with E-state index in [0.717, 1.165) is 6.08 Å². The van der Waals surface area contributed by atoms with E-state index < -0.39 is 13.4 Å². The van der Waals surface area contributed by atoms with Gasteiger partial charge in [0, 0.05) is 6.08 Å². The lowest BCUT2D eigenvalue weighted by Gasteiger charge is -1.90. The van der Waals surface area contributed by atoms with E-state index in [-0.39, 0.29) is 5.97 Å². The molecule has 8 nitrogen and oxygen atoms in total. The molecule has 0 amide bonds. The summed E-state index contributed by atoms with van der Waals surface area (Å²) >= 11 is 7.21. The zero-order chi connectivity index (χ0) is 22.1. The van der Waals surface area contributed by atoms with Gasteiger partial charge in [-0.1, -0.05) is 61.0 Å². The number of rotatable bonds is 2. The molecule has 0 spiro atoms. The second kappa shape index (κ2) is 32.0. The third kappa shape index (κ3) is 433. The van der Waals surface area contributed by atoms with E-state index >= 15 is 0 Å². The maximum Gasteiger partial charge on any atom is 0.330 e. The summed E-state index contributed by atoms with van der Waals surface area (Å²) in [7, 11) is 0. The highest BCUT2D eigenvalue weighted by atomic mass is 32.5. The second-order valence-electron chi connectivity index (χ2n) is 3.40. The molecule has 0 aliphatic rings. The van der Waals surface area contributed by atoms with Crippen LogP contribution in [0.25, 0.3) is 0 Å². The minimum Gasteiger partial charge on any atom is -0.463 e. The maximum absolute atomic E-state index is 10.1. The Kier molecular flexibility index (Phi) is 51.3. The molecule has 0 unspecified atom stereocenters. The SMILES string of the molecule is C=CC(=O)OCC.CC.CCC.CCC.OP(O)(O)=S.OP(O)(O)=S. The van der Waals surface area contributed by atoms with Crippen molar-refractivity contribution in [2.75, 3.05) is 6.61 Å². The molecule has 0 radical (unpaired) electrons. The van der Waals surface area contributed by atoms with Crippen LogP contribution in [0.15, 0.2) is 12.7 Å². The zero-order valence-corrected chi connectivity index (χ0v) is 19.5. The summed E-state index contributed by atoms with van der Waals surface area (Å²) in [6, 6.07) is 0. The minimum atomic E-state index is -3.81. The van der Waals surface area contributed by atoms with Crippen LogP contribution < -0.4 is 0 Å². The first-order chi connectivity index (χ1) is 11.1. The van der Waals surface area contributed by atoms with Crippen molar-refractivity contribution in [3.63, 3.8) is 0 Å². The number of carbonyl (C=O) groups is 1. The van der Waals surface area contributed by atoms with E-state index in [2.05, 4.69) is 62.6 Å². The summed E-state index contributed by atoms with van der Waals surface area (Å²) in [5, 5.41) is 0. The molecule has 0 aromatic heterocycles. The maximum atomic E-state index is 10.1. The highest BCUT2D eigenvalue weighted by Gasteiger charge is 1.92. The third-order valence-electron chi connectivity index (χ3n) is 0.453. The first-order valence-electron chi connectivity index (χ1n) is 7.49. The van der Waals surface area contributed by atoms with Gasteiger partial charge in [-0.15, -0.1) is 0 Å². The number of hydrogen-bond acceptors (Lipinski definition) is 4. The molecule has 0 heterocycles. The van der Waals surface area contributed by atoms with Gasteiger partial charge in [0.15, 0.2) is 0 Å². The first-order valence-corrected chi connectivity index (χ1v) is 12.8. The Labute approximate surface area is 162 Å². The van der Waals surface area contributed by atoms with Crippen LogP contribution in [0.2, 0.25) is 0 Å². The van der Waals surface area contributed by atoms with Crippen LogP contribution in [0.1, 0.15) is 61.3 Å². The van der Waals surface area contributed by atoms with Gasteiger partial charge in [0.25, 0.3) is 0 Å². The Morgan fingerprint density at radius 1 is 0.880 bits per heavy atom. The third-order valence-corrected chi connectivity index (χ3v) is 0.453. The van der Waals surface area contributed by atoms with Crippen molar-refractivity contribution in [3.05, 3.63) is 12.7 Å². The molecule has 0 aromatic rings. The van der Waals surface area contributed by atoms with Gasteiger partial charge >= 0.3 is 19.4 Å². The van der Waals surface area contributed by atoms with Crippen LogP contribution in [-0.2, 0) is 33.1 Å². The Morgan fingerprint density at radius 3 is 1.08 bits per heavy atom.